The van der Waals surface area contributed by atoms with Crippen LogP contribution in [-0.4, -0.2) is 45.1 Å². The fourth-order valence-electron chi connectivity index (χ4n) is 4.54. The minimum Gasteiger partial charge on any atom is -0.506 e. The second-order valence-electron chi connectivity index (χ2n) is 7.84. The van der Waals surface area contributed by atoms with Gasteiger partial charge >= 0.3 is 5.97 Å². The van der Waals surface area contributed by atoms with Crippen molar-refractivity contribution < 1.29 is 15.0 Å². The van der Waals surface area contributed by atoms with E-state index in [2.05, 4.69) is 29.0 Å². The van der Waals surface area contributed by atoms with E-state index in [-0.39, 0.29) is 12.4 Å². The summed E-state index contributed by atoms with van der Waals surface area (Å²) in [7, 11) is 4.17. The van der Waals surface area contributed by atoms with Gasteiger partial charge in [0.05, 0.1) is 5.69 Å². The number of nitrogens with one attached hydrogen (secondary N) is 2. The Hall–Kier alpha value is -2.77. The van der Waals surface area contributed by atoms with Crippen molar-refractivity contribution in [1.82, 2.24) is 14.9 Å². The highest BCUT2D eigenvalue weighted by Crippen LogP contribution is 2.38. The zero-order chi connectivity index (χ0) is 20.9. The number of aromatic amines is 2. The summed E-state index contributed by atoms with van der Waals surface area (Å²) in [5.41, 5.74) is 3.75. The molecule has 1 unspecified atom stereocenters. The molecule has 0 radical (unpaired) electrons. The van der Waals surface area contributed by atoms with Crippen molar-refractivity contribution in [3.8, 4) is 17.0 Å². The molecule has 0 aliphatic heterocycles. The van der Waals surface area contributed by atoms with E-state index in [0.29, 0.717) is 23.7 Å². The largest absolute Gasteiger partial charge is 0.506 e. The lowest BCUT2D eigenvalue weighted by Crippen LogP contribution is -2.24. The first kappa shape index (κ1) is 21.9. The summed E-state index contributed by atoms with van der Waals surface area (Å²) < 4.78 is 0. The van der Waals surface area contributed by atoms with E-state index in [4.69, 9.17) is 0 Å². The maximum Gasteiger partial charge on any atom is 0.345 e. The minimum atomic E-state index is -1.44. The molecular weight excluding hydrogens is 406 g/mol. The molecule has 4 rings (SSSR count). The van der Waals surface area contributed by atoms with Crippen LogP contribution in [0, 0.1) is 0 Å². The number of hydrogen-bond acceptors (Lipinski definition) is 4. The number of halogens is 1. The highest BCUT2D eigenvalue weighted by molar-refractivity contribution is 5.93. The van der Waals surface area contributed by atoms with Crippen molar-refractivity contribution in [3.05, 3.63) is 50.9 Å². The molecule has 8 heteroatoms. The number of aromatic hydroxyl groups is 1. The SMILES string of the molecule is CCc1c(-c2ccc3c4c([nH]c3c2)C(N(C)C)CCC4)[nH]c(=O)c(C(=O)O)c1O.Cl. The number of pyridine rings is 1. The van der Waals surface area contributed by atoms with Gasteiger partial charge in [0.25, 0.3) is 5.56 Å². The molecule has 1 aromatic carbocycles. The van der Waals surface area contributed by atoms with Crippen molar-refractivity contribution >= 4 is 29.3 Å². The van der Waals surface area contributed by atoms with E-state index in [1.165, 1.54) is 16.6 Å². The van der Waals surface area contributed by atoms with Crippen LogP contribution in [0.4, 0.5) is 0 Å². The van der Waals surface area contributed by atoms with Crippen molar-refractivity contribution in [2.24, 2.45) is 0 Å². The van der Waals surface area contributed by atoms with Gasteiger partial charge in [-0.15, -0.1) is 12.4 Å². The third kappa shape index (κ3) is 3.38. The molecule has 2 aromatic heterocycles. The predicted octanol–water partition coefficient (Wildman–Crippen LogP) is 3.85. The lowest BCUT2D eigenvalue weighted by Gasteiger charge is -2.28. The molecule has 30 heavy (non-hydrogen) atoms. The average molecular weight is 432 g/mol. The van der Waals surface area contributed by atoms with E-state index >= 15 is 0 Å². The molecule has 2 heterocycles. The molecule has 3 aromatic rings. The molecule has 0 bridgehead atoms. The molecule has 1 aliphatic rings. The third-order valence-electron chi connectivity index (χ3n) is 5.95. The second-order valence-corrected chi connectivity index (χ2v) is 7.84. The zero-order valence-electron chi connectivity index (χ0n) is 17.2. The topological polar surface area (TPSA) is 109 Å². The number of aromatic nitrogens is 2. The Balaban J connectivity index is 0.00000256. The van der Waals surface area contributed by atoms with Gasteiger partial charge in [-0.25, -0.2) is 4.79 Å². The smallest absolute Gasteiger partial charge is 0.345 e. The molecule has 7 nitrogen and oxygen atoms in total. The quantitative estimate of drug-likeness (QED) is 0.501. The number of nitrogens with zero attached hydrogens (tertiary/aromatic N) is 1. The monoisotopic (exact) mass is 431 g/mol. The summed E-state index contributed by atoms with van der Waals surface area (Å²) in [5, 5.41) is 20.8. The average Bonchev–Trinajstić information content (AvgIpc) is 3.04. The molecule has 0 amide bonds. The Morgan fingerprint density at radius 2 is 2.00 bits per heavy atom. The summed E-state index contributed by atoms with van der Waals surface area (Å²) in [6, 6.07) is 6.27. The van der Waals surface area contributed by atoms with Gasteiger partial charge in [-0.05, 0) is 51.4 Å². The number of fused-ring (bicyclic) bond motifs is 3. The van der Waals surface area contributed by atoms with Gasteiger partial charge in [-0.1, -0.05) is 19.1 Å². The Labute approximate surface area is 180 Å². The van der Waals surface area contributed by atoms with Gasteiger partial charge in [0.2, 0.25) is 0 Å². The molecule has 0 fully saturated rings. The molecule has 0 saturated carbocycles. The first-order valence-corrected chi connectivity index (χ1v) is 9.86. The van der Waals surface area contributed by atoms with Gasteiger partial charge in [-0.2, -0.15) is 0 Å². The van der Waals surface area contributed by atoms with Gasteiger partial charge in [0.15, 0.2) is 5.56 Å². The molecular formula is C22H26ClN3O4. The summed E-state index contributed by atoms with van der Waals surface area (Å²) in [6.07, 6.45) is 3.67. The normalized spacial score (nSPS) is 15.8. The molecule has 1 atom stereocenters. The van der Waals surface area contributed by atoms with E-state index in [0.717, 1.165) is 30.3 Å². The number of rotatable bonds is 4. The number of carboxylic acid groups (broad SMARTS) is 1. The molecule has 1 aliphatic carbocycles. The predicted molar refractivity (Wildman–Crippen MR) is 119 cm³/mol. The summed E-state index contributed by atoms with van der Waals surface area (Å²) in [4.78, 5) is 32.1. The fourth-order valence-corrected chi connectivity index (χ4v) is 4.54. The van der Waals surface area contributed by atoms with E-state index in [1.54, 1.807) is 0 Å². The van der Waals surface area contributed by atoms with E-state index < -0.39 is 22.8 Å². The van der Waals surface area contributed by atoms with Gasteiger partial charge in [0, 0.05) is 33.8 Å². The number of carbonyl (C=O) groups is 1. The van der Waals surface area contributed by atoms with Crippen LogP contribution in [-0.2, 0) is 12.8 Å². The summed E-state index contributed by atoms with van der Waals surface area (Å²) in [5.74, 6) is -1.90. The van der Waals surface area contributed by atoms with Crippen molar-refractivity contribution in [3.63, 3.8) is 0 Å². The van der Waals surface area contributed by atoms with Crippen LogP contribution in [0.1, 0.15) is 53.0 Å². The number of aryl methyl sites for hydroxylation is 1. The number of aromatic carboxylic acids is 1. The lowest BCUT2D eigenvalue weighted by molar-refractivity contribution is 0.0691. The molecule has 0 saturated heterocycles. The minimum absolute atomic E-state index is 0. The van der Waals surface area contributed by atoms with Crippen LogP contribution < -0.4 is 5.56 Å². The van der Waals surface area contributed by atoms with Gasteiger partial charge < -0.3 is 25.1 Å². The van der Waals surface area contributed by atoms with Crippen LogP contribution >= 0.6 is 12.4 Å². The third-order valence-corrected chi connectivity index (χ3v) is 5.95. The van der Waals surface area contributed by atoms with E-state index in [9.17, 15) is 19.8 Å². The number of H-pyrrole nitrogens is 2. The van der Waals surface area contributed by atoms with Crippen LogP contribution in [0.2, 0.25) is 0 Å². The Bertz CT molecular complexity index is 1180. The Morgan fingerprint density at radius 1 is 1.27 bits per heavy atom. The van der Waals surface area contributed by atoms with Gasteiger partial charge in [-0.3, -0.25) is 4.79 Å². The van der Waals surface area contributed by atoms with Crippen LogP contribution in [0.5, 0.6) is 5.75 Å². The van der Waals surface area contributed by atoms with Crippen molar-refractivity contribution in [1.29, 1.82) is 0 Å². The van der Waals surface area contributed by atoms with Crippen LogP contribution in [0.25, 0.3) is 22.2 Å². The first-order chi connectivity index (χ1) is 13.8. The van der Waals surface area contributed by atoms with Crippen LogP contribution in [0.15, 0.2) is 23.0 Å². The number of benzene rings is 1. The fraction of sp³-hybridized carbons (Fsp3) is 0.364. The standard InChI is InChI=1S/C22H25N3O4.ClH/c1-4-12-18(24-21(27)17(20(12)26)22(28)29)11-8-9-13-14-6-5-7-16(25(2)3)19(14)23-15(13)10-11;/h8-10,16,23H,4-7H2,1-3H3,(H,28,29)(H2,24,26,27);1H. The van der Waals surface area contributed by atoms with Crippen molar-refractivity contribution in [2.75, 3.05) is 14.1 Å². The van der Waals surface area contributed by atoms with Crippen LogP contribution in [0.3, 0.4) is 0 Å². The maximum absolute atomic E-state index is 12.3. The number of hydrogen-bond donors (Lipinski definition) is 4. The summed E-state index contributed by atoms with van der Waals surface area (Å²) in [6.45, 7) is 1.82. The molecule has 160 valence electrons. The van der Waals surface area contributed by atoms with Gasteiger partial charge in [0.1, 0.15) is 5.75 Å². The highest BCUT2D eigenvalue weighted by atomic mass is 35.5. The first-order valence-electron chi connectivity index (χ1n) is 9.86. The Kier molecular flexibility index (Phi) is 5.97. The van der Waals surface area contributed by atoms with Crippen molar-refractivity contribution in [2.45, 2.75) is 38.6 Å². The molecule has 0 spiro atoms. The zero-order valence-corrected chi connectivity index (χ0v) is 18.0. The van der Waals surface area contributed by atoms with E-state index in [1.807, 2.05) is 25.1 Å². The highest BCUT2D eigenvalue weighted by Gasteiger charge is 2.26. The Morgan fingerprint density at radius 3 is 2.63 bits per heavy atom. The lowest BCUT2D eigenvalue weighted by atomic mass is 9.91. The second kappa shape index (κ2) is 8.16. The summed E-state index contributed by atoms with van der Waals surface area (Å²) >= 11 is 0. The molecule has 4 N–H and O–H groups in total. The maximum atomic E-state index is 12.3. The number of carboxylic acids is 1.